The number of aryl methyl sites for hydroxylation is 2. The Bertz CT molecular complexity index is 1190. The first kappa shape index (κ1) is 19.8. The van der Waals surface area contributed by atoms with Crippen LogP contribution in [0, 0.1) is 19.7 Å². The van der Waals surface area contributed by atoms with E-state index in [2.05, 4.69) is 9.88 Å². The number of hydrogen-bond acceptors (Lipinski definition) is 2. The molecule has 1 heterocycles. The fourth-order valence-electron chi connectivity index (χ4n) is 3.72. The van der Waals surface area contributed by atoms with Crippen LogP contribution in [0.15, 0.2) is 66.7 Å². The van der Waals surface area contributed by atoms with Gasteiger partial charge in [0.15, 0.2) is 0 Å². The number of imidazole rings is 1. The summed E-state index contributed by atoms with van der Waals surface area (Å²) in [6.07, 6.45) is 0.604. The minimum Gasteiger partial charge on any atom is -0.352 e. The summed E-state index contributed by atoms with van der Waals surface area (Å²) in [5.74, 6) is 0.568. The zero-order valence-corrected chi connectivity index (χ0v) is 17.2. The molecular weight excluding hydrogens is 377 g/mol. The molecule has 0 saturated carbocycles. The molecule has 4 nitrogen and oxygen atoms in total. The number of halogens is 1. The Balaban J connectivity index is 1.52. The molecule has 0 spiro atoms. The number of benzene rings is 3. The molecule has 0 unspecified atom stereocenters. The van der Waals surface area contributed by atoms with Gasteiger partial charge in [-0.15, -0.1) is 0 Å². The van der Waals surface area contributed by atoms with Crippen LogP contribution in [0.5, 0.6) is 0 Å². The van der Waals surface area contributed by atoms with E-state index in [1.807, 2.05) is 56.3 Å². The molecule has 1 amide bonds. The van der Waals surface area contributed by atoms with Gasteiger partial charge in [-0.1, -0.05) is 42.0 Å². The molecule has 3 aromatic carbocycles. The Morgan fingerprint density at radius 2 is 1.80 bits per heavy atom. The molecule has 4 rings (SSSR count). The SMILES string of the molecule is Cc1ccc(C(=O)NCCc2nc3ccccc3n2Cc2ccc(F)cc2)c(C)c1. The van der Waals surface area contributed by atoms with Gasteiger partial charge in [0.2, 0.25) is 0 Å². The topological polar surface area (TPSA) is 46.9 Å². The fourth-order valence-corrected chi connectivity index (χ4v) is 3.72. The van der Waals surface area contributed by atoms with Crippen LogP contribution < -0.4 is 5.32 Å². The predicted molar refractivity (Wildman–Crippen MR) is 117 cm³/mol. The second-order valence-corrected chi connectivity index (χ2v) is 7.55. The molecule has 5 heteroatoms. The van der Waals surface area contributed by atoms with Crippen LogP contribution in [0.3, 0.4) is 0 Å². The van der Waals surface area contributed by atoms with Gasteiger partial charge in [0, 0.05) is 25.1 Å². The van der Waals surface area contributed by atoms with Gasteiger partial charge in [-0.25, -0.2) is 9.37 Å². The van der Waals surface area contributed by atoms with Gasteiger partial charge in [-0.3, -0.25) is 4.79 Å². The molecule has 0 saturated heterocycles. The van der Waals surface area contributed by atoms with E-state index in [-0.39, 0.29) is 11.7 Å². The number of hydrogen-bond donors (Lipinski definition) is 1. The molecule has 0 aliphatic rings. The van der Waals surface area contributed by atoms with Gasteiger partial charge in [-0.2, -0.15) is 0 Å². The van der Waals surface area contributed by atoms with Gasteiger partial charge in [0.25, 0.3) is 5.91 Å². The number of nitrogens with zero attached hydrogens (tertiary/aromatic N) is 2. The highest BCUT2D eigenvalue weighted by Crippen LogP contribution is 2.19. The number of carbonyl (C=O) groups excluding carboxylic acids is 1. The van der Waals surface area contributed by atoms with Crippen molar-refractivity contribution in [3.05, 3.63) is 101 Å². The van der Waals surface area contributed by atoms with Crippen LogP contribution >= 0.6 is 0 Å². The number of para-hydroxylation sites is 2. The van der Waals surface area contributed by atoms with Crippen molar-refractivity contribution in [3.8, 4) is 0 Å². The summed E-state index contributed by atoms with van der Waals surface area (Å²) in [7, 11) is 0. The summed E-state index contributed by atoms with van der Waals surface area (Å²) in [5.41, 5.74) is 5.74. The third-order valence-corrected chi connectivity index (χ3v) is 5.25. The van der Waals surface area contributed by atoms with Crippen molar-refractivity contribution >= 4 is 16.9 Å². The van der Waals surface area contributed by atoms with Crippen LogP contribution in [-0.4, -0.2) is 22.0 Å². The number of fused-ring (bicyclic) bond motifs is 1. The Morgan fingerprint density at radius 3 is 2.57 bits per heavy atom. The van der Waals surface area contributed by atoms with Gasteiger partial charge in [0.1, 0.15) is 11.6 Å². The molecular formula is C25H24FN3O. The van der Waals surface area contributed by atoms with Crippen LogP contribution in [0.25, 0.3) is 11.0 Å². The molecule has 0 radical (unpaired) electrons. The predicted octanol–water partition coefficient (Wildman–Crippen LogP) is 4.81. The fraction of sp³-hybridized carbons (Fsp3) is 0.200. The molecule has 0 aliphatic carbocycles. The molecule has 0 bridgehead atoms. The van der Waals surface area contributed by atoms with Gasteiger partial charge >= 0.3 is 0 Å². The number of aromatic nitrogens is 2. The summed E-state index contributed by atoms with van der Waals surface area (Å²) < 4.78 is 15.4. The third-order valence-electron chi connectivity index (χ3n) is 5.25. The molecule has 0 aliphatic heterocycles. The number of nitrogens with one attached hydrogen (secondary N) is 1. The van der Waals surface area contributed by atoms with E-state index in [1.54, 1.807) is 12.1 Å². The molecule has 0 fully saturated rings. The van der Waals surface area contributed by atoms with Gasteiger partial charge in [-0.05, 0) is 55.3 Å². The zero-order valence-electron chi connectivity index (χ0n) is 17.2. The van der Waals surface area contributed by atoms with Crippen molar-refractivity contribution < 1.29 is 9.18 Å². The maximum Gasteiger partial charge on any atom is 0.251 e. The maximum absolute atomic E-state index is 13.3. The van der Waals surface area contributed by atoms with E-state index < -0.39 is 0 Å². The average molecular weight is 401 g/mol. The lowest BCUT2D eigenvalue weighted by Gasteiger charge is -2.11. The van der Waals surface area contributed by atoms with Gasteiger partial charge in [0.05, 0.1) is 11.0 Å². The summed E-state index contributed by atoms with van der Waals surface area (Å²) >= 11 is 0. The lowest BCUT2D eigenvalue weighted by Crippen LogP contribution is -2.27. The Hall–Kier alpha value is -3.47. The molecule has 0 atom stereocenters. The van der Waals surface area contributed by atoms with Crippen LogP contribution in [0.1, 0.15) is 32.9 Å². The third kappa shape index (κ3) is 4.25. The highest BCUT2D eigenvalue weighted by atomic mass is 19.1. The average Bonchev–Trinajstić information content (AvgIpc) is 3.07. The second kappa shape index (κ2) is 8.49. The highest BCUT2D eigenvalue weighted by Gasteiger charge is 2.13. The number of amides is 1. The van der Waals surface area contributed by atoms with E-state index in [0.717, 1.165) is 33.5 Å². The molecule has 4 aromatic rings. The smallest absolute Gasteiger partial charge is 0.251 e. The van der Waals surface area contributed by atoms with Crippen molar-refractivity contribution in [1.29, 1.82) is 0 Å². The minimum atomic E-state index is -0.247. The summed E-state index contributed by atoms with van der Waals surface area (Å²) in [6.45, 7) is 5.05. The number of carbonyl (C=O) groups is 1. The number of rotatable bonds is 6. The lowest BCUT2D eigenvalue weighted by molar-refractivity contribution is 0.0953. The van der Waals surface area contributed by atoms with E-state index >= 15 is 0 Å². The second-order valence-electron chi connectivity index (χ2n) is 7.55. The van der Waals surface area contributed by atoms with Crippen molar-refractivity contribution in [2.75, 3.05) is 6.54 Å². The normalized spacial score (nSPS) is 11.0. The summed E-state index contributed by atoms with van der Waals surface area (Å²) in [6, 6.07) is 20.3. The Kier molecular flexibility index (Phi) is 5.61. The van der Waals surface area contributed by atoms with Crippen LogP contribution in [-0.2, 0) is 13.0 Å². The quantitative estimate of drug-likeness (QED) is 0.504. The van der Waals surface area contributed by atoms with Crippen LogP contribution in [0.4, 0.5) is 4.39 Å². The van der Waals surface area contributed by atoms with Crippen molar-refractivity contribution in [2.45, 2.75) is 26.8 Å². The monoisotopic (exact) mass is 401 g/mol. The van der Waals surface area contributed by atoms with E-state index in [9.17, 15) is 9.18 Å². The first-order valence-corrected chi connectivity index (χ1v) is 10.1. The van der Waals surface area contributed by atoms with Gasteiger partial charge < -0.3 is 9.88 Å². The van der Waals surface area contributed by atoms with E-state index in [4.69, 9.17) is 4.98 Å². The Labute approximate surface area is 175 Å². The largest absolute Gasteiger partial charge is 0.352 e. The molecule has 152 valence electrons. The van der Waals surface area contributed by atoms with Crippen molar-refractivity contribution in [3.63, 3.8) is 0 Å². The maximum atomic E-state index is 13.3. The first-order valence-electron chi connectivity index (χ1n) is 10.1. The first-order chi connectivity index (χ1) is 14.5. The molecule has 1 N–H and O–H groups in total. The van der Waals surface area contributed by atoms with Crippen molar-refractivity contribution in [1.82, 2.24) is 14.9 Å². The highest BCUT2D eigenvalue weighted by molar-refractivity contribution is 5.95. The van der Waals surface area contributed by atoms with E-state index in [0.29, 0.717) is 25.1 Å². The molecule has 30 heavy (non-hydrogen) atoms. The lowest BCUT2D eigenvalue weighted by atomic mass is 10.1. The minimum absolute atomic E-state index is 0.0753. The van der Waals surface area contributed by atoms with Crippen molar-refractivity contribution in [2.24, 2.45) is 0 Å². The standard InChI is InChI=1S/C25H24FN3O/c1-17-7-12-21(18(2)15-17)25(30)27-14-13-24-28-22-5-3-4-6-23(22)29(24)16-19-8-10-20(26)11-9-19/h3-12,15H,13-14,16H2,1-2H3,(H,27,30). The van der Waals surface area contributed by atoms with E-state index in [1.165, 1.54) is 12.1 Å². The zero-order chi connectivity index (χ0) is 21.1. The molecule has 1 aromatic heterocycles. The van der Waals surface area contributed by atoms with Crippen LogP contribution in [0.2, 0.25) is 0 Å². The Morgan fingerprint density at radius 1 is 1.03 bits per heavy atom. The summed E-state index contributed by atoms with van der Waals surface area (Å²) in [5, 5.41) is 3.01. The summed E-state index contributed by atoms with van der Waals surface area (Å²) in [4.78, 5) is 17.3.